The molecule has 0 saturated carbocycles. The molecule has 18 heavy (non-hydrogen) atoms. The fourth-order valence-corrected chi connectivity index (χ4v) is 1.55. The molecule has 0 spiro atoms. The number of unbranched alkanes of at least 4 members (excludes halogenated alkanes) is 1. The van der Waals surface area contributed by atoms with Gasteiger partial charge in [0.15, 0.2) is 0 Å². The van der Waals surface area contributed by atoms with Gasteiger partial charge < -0.3 is 10.0 Å². The molecule has 0 saturated heterocycles. The summed E-state index contributed by atoms with van der Waals surface area (Å²) in [5.74, 6) is 0.877. The van der Waals surface area contributed by atoms with Crippen molar-refractivity contribution in [1.29, 1.82) is 0 Å². The lowest BCUT2D eigenvalue weighted by atomic mass is 10.2. The maximum atomic E-state index is 12.1. The van der Waals surface area contributed by atoms with Crippen molar-refractivity contribution >= 4 is 5.91 Å². The summed E-state index contributed by atoms with van der Waals surface area (Å²) in [7, 11) is 0. The molecule has 0 fully saturated rings. The summed E-state index contributed by atoms with van der Waals surface area (Å²) in [4.78, 5) is 17.9. The summed E-state index contributed by atoms with van der Waals surface area (Å²) < 4.78 is 0. The number of hydrogen-bond acceptors (Lipinski definition) is 4. The normalized spacial score (nSPS) is 10.9. The molecule has 6 nitrogen and oxygen atoms in total. The fraction of sp³-hybridized carbons (Fsp3) is 0.750. The molecule has 0 aliphatic carbocycles. The first-order chi connectivity index (χ1) is 8.60. The number of aromatic amines is 1. The number of H-pyrrole nitrogens is 1. The highest BCUT2D eigenvalue weighted by atomic mass is 16.3. The molecule has 1 rings (SSSR count). The van der Waals surface area contributed by atoms with E-state index >= 15 is 0 Å². The van der Waals surface area contributed by atoms with E-state index in [9.17, 15) is 4.79 Å². The summed E-state index contributed by atoms with van der Waals surface area (Å²) >= 11 is 0. The molecule has 1 amide bonds. The van der Waals surface area contributed by atoms with Gasteiger partial charge in [0.05, 0.1) is 6.61 Å². The third-order valence-electron chi connectivity index (χ3n) is 2.68. The van der Waals surface area contributed by atoms with Crippen LogP contribution < -0.4 is 0 Å². The van der Waals surface area contributed by atoms with Crippen LogP contribution in [0.5, 0.6) is 0 Å². The van der Waals surface area contributed by atoms with Gasteiger partial charge in [-0.25, -0.2) is 4.98 Å². The Kier molecular flexibility index (Phi) is 5.77. The number of aliphatic hydroxyl groups is 1. The first-order valence-corrected chi connectivity index (χ1v) is 6.42. The quantitative estimate of drug-likeness (QED) is 0.765. The molecule has 0 bridgehead atoms. The number of carbonyl (C=O) groups is 1. The highest BCUT2D eigenvalue weighted by Gasteiger charge is 2.20. The predicted octanol–water partition coefficient (Wildman–Crippen LogP) is 1.16. The maximum Gasteiger partial charge on any atom is 0.293 e. The van der Waals surface area contributed by atoms with E-state index in [1.165, 1.54) is 0 Å². The highest BCUT2D eigenvalue weighted by molar-refractivity contribution is 5.90. The Bertz CT molecular complexity index is 376. The van der Waals surface area contributed by atoms with Gasteiger partial charge in [-0.2, -0.15) is 0 Å². The number of rotatable bonds is 7. The Hall–Kier alpha value is -1.43. The Morgan fingerprint density at radius 2 is 2.17 bits per heavy atom. The number of nitrogens with zero attached hydrogens (tertiary/aromatic N) is 3. The third kappa shape index (κ3) is 3.80. The maximum absolute atomic E-state index is 12.1. The summed E-state index contributed by atoms with van der Waals surface area (Å²) in [6, 6.07) is 0. The van der Waals surface area contributed by atoms with E-state index in [0.29, 0.717) is 18.9 Å². The molecule has 1 heterocycles. The second-order valence-electron chi connectivity index (χ2n) is 4.57. The SMILES string of the molecule is CCCCN(CCO)C(=O)c1n[nH]c(C(C)C)n1. The van der Waals surface area contributed by atoms with Gasteiger partial charge in [-0.15, -0.1) is 5.10 Å². The zero-order valence-electron chi connectivity index (χ0n) is 11.3. The van der Waals surface area contributed by atoms with Crippen LogP contribution in [0.15, 0.2) is 0 Å². The standard InChI is InChI=1S/C12H22N4O2/c1-4-5-6-16(7-8-17)12(18)11-13-10(9(2)3)14-15-11/h9,17H,4-8H2,1-3H3,(H,13,14,15). The van der Waals surface area contributed by atoms with Crippen LogP contribution in [0.2, 0.25) is 0 Å². The van der Waals surface area contributed by atoms with Crippen molar-refractivity contribution in [2.45, 2.75) is 39.5 Å². The zero-order valence-corrected chi connectivity index (χ0v) is 11.3. The van der Waals surface area contributed by atoms with Gasteiger partial charge >= 0.3 is 0 Å². The smallest absolute Gasteiger partial charge is 0.293 e. The molecule has 0 atom stereocenters. The monoisotopic (exact) mass is 254 g/mol. The molecule has 1 aromatic rings. The lowest BCUT2D eigenvalue weighted by Crippen LogP contribution is -2.35. The van der Waals surface area contributed by atoms with E-state index in [-0.39, 0.29) is 24.3 Å². The van der Waals surface area contributed by atoms with Gasteiger partial charge in [-0.05, 0) is 6.42 Å². The number of carbonyl (C=O) groups excluding carboxylic acids is 1. The summed E-state index contributed by atoms with van der Waals surface area (Å²) in [6.45, 7) is 6.93. The van der Waals surface area contributed by atoms with Crippen molar-refractivity contribution in [2.24, 2.45) is 0 Å². The molecule has 0 aromatic carbocycles. The molecule has 102 valence electrons. The largest absolute Gasteiger partial charge is 0.395 e. The number of amides is 1. The van der Waals surface area contributed by atoms with Crippen LogP contribution in [0.3, 0.4) is 0 Å². The number of nitrogens with one attached hydrogen (secondary N) is 1. The van der Waals surface area contributed by atoms with Gasteiger partial charge in [-0.3, -0.25) is 9.89 Å². The third-order valence-corrected chi connectivity index (χ3v) is 2.68. The highest BCUT2D eigenvalue weighted by Crippen LogP contribution is 2.09. The molecule has 2 N–H and O–H groups in total. The van der Waals surface area contributed by atoms with E-state index in [2.05, 4.69) is 22.1 Å². The van der Waals surface area contributed by atoms with Crippen LogP contribution in [0, 0.1) is 0 Å². The van der Waals surface area contributed by atoms with Crippen LogP contribution in [0.25, 0.3) is 0 Å². The Balaban J connectivity index is 2.74. The Morgan fingerprint density at radius 3 is 2.67 bits per heavy atom. The van der Waals surface area contributed by atoms with Crippen LogP contribution >= 0.6 is 0 Å². The molecular weight excluding hydrogens is 232 g/mol. The van der Waals surface area contributed by atoms with Crippen molar-refractivity contribution in [2.75, 3.05) is 19.7 Å². The molecule has 1 aromatic heterocycles. The molecule has 0 aliphatic rings. The topological polar surface area (TPSA) is 82.1 Å². The number of hydrogen-bond donors (Lipinski definition) is 2. The van der Waals surface area contributed by atoms with E-state index < -0.39 is 0 Å². The minimum absolute atomic E-state index is 0.0447. The lowest BCUT2D eigenvalue weighted by Gasteiger charge is -2.19. The minimum atomic E-state index is -0.222. The molecular formula is C12H22N4O2. The van der Waals surface area contributed by atoms with Crippen molar-refractivity contribution in [3.05, 3.63) is 11.6 Å². The molecule has 6 heteroatoms. The second-order valence-corrected chi connectivity index (χ2v) is 4.57. The first kappa shape index (κ1) is 14.6. The van der Waals surface area contributed by atoms with Gasteiger partial charge in [0.1, 0.15) is 5.82 Å². The molecule has 0 aliphatic heterocycles. The Morgan fingerprint density at radius 1 is 1.44 bits per heavy atom. The van der Waals surface area contributed by atoms with E-state index in [0.717, 1.165) is 12.8 Å². The lowest BCUT2D eigenvalue weighted by molar-refractivity contribution is 0.0707. The average Bonchev–Trinajstić information content (AvgIpc) is 2.83. The average molecular weight is 254 g/mol. The fourth-order valence-electron chi connectivity index (χ4n) is 1.55. The van der Waals surface area contributed by atoms with Crippen LogP contribution in [0.4, 0.5) is 0 Å². The van der Waals surface area contributed by atoms with Crippen LogP contribution in [-0.4, -0.2) is 50.8 Å². The summed E-state index contributed by atoms with van der Waals surface area (Å²) in [5.41, 5.74) is 0. The summed E-state index contributed by atoms with van der Waals surface area (Å²) in [5, 5.41) is 15.7. The van der Waals surface area contributed by atoms with E-state index in [1.54, 1.807) is 4.90 Å². The number of aromatic nitrogens is 3. The van der Waals surface area contributed by atoms with Crippen molar-refractivity contribution in [3.63, 3.8) is 0 Å². The zero-order chi connectivity index (χ0) is 13.5. The van der Waals surface area contributed by atoms with Gasteiger partial charge in [0, 0.05) is 19.0 Å². The van der Waals surface area contributed by atoms with Gasteiger partial charge in [0.2, 0.25) is 5.82 Å². The second kappa shape index (κ2) is 7.10. The van der Waals surface area contributed by atoms with E-state index in [4.69, 9.17) is 5.11 Å². The van der Waals surface area contributed by atoms with Crippen molar-refractivity contribution in [1.82, 2.24) is 20.1 Å². The number of aliphatic hydroxyl groups excluding tert-OH is 1. The van der Waals surface area contributed by atoms with Crippen molar-refractivity contribution < 1.29 is 9.90 Å². The Labute approximate surface area is 107 Å². The predicted molar refractivity (Wildman–Crippen MR) is 68.4 cm³/mol. The molecule has 0 radical (unpaired) electrons. The van der Waals surface area contributed by atoms with Crippen LogP contribution in [0.1, 0.15) is 56.0 Å². The van der Waals surface area contributed by atoms with Crippen LogP contribution in [-0.2, 0) is 0 Å². The first-order valence-electron chi connectivity index (χ1n) is 6.42. The van der Waals surface area contributed by atoms with E-state index in [1.807, 2.05) is 13.8 Å². The van der Waals surface area contributed by atoms with Gasteiger partial charge in [-0.1, -0.05) is 27.2 Å². The summed E-state index contributed by atoms with van der Waals surface area (Å²) in [6.07, 6.45) is 1.91. The van der Waals surface area contributed by atoms with Gasteiger partial charge in [0.25, 0.3) is 5.91 Å². The minimum Gasteiger partial charge on any atom is -0.395 e. The van der Waals surface area contributed by atoms with Crippen molar-refractivity contribution in [3.8, 4) is 0 Å². The molecule has 0 unspecified atom stereocenters.